The molecule has 88 valence electrons. The molecule has 0 N–H and O–H groups in total. The summed E-state index contributed by atoms with van der Waals surface area (Å²) in [4.78, 5) is 0. The molecule has 1 aromatic heterocycles. The van der Waals surface area contributed by atoms with Crippen molar-refractivity contribution in [3.8, 4) is 0 Å². The van der Waals surface area contributed by atoms with Crippen LogP contribution in [0.15, 0.2) is 30.5 Å². The Balaban J connectivity index is 2.01. The maximum Gasteiger partial charge on any atom is 0.616 e. The lowest BCUT2D eigenvalue weighted by molar-refractivity contribution is 0.0837. The van der Waals surface area contributed by atoms with Crippen LogP contribution in [0.2, 0.25) is 0 Å². The molecule has 0 aliphatic carbocycles. The molecule has 3 rings (SSSR count). The second-order valence-electron chi connectivity index (χ2n) is 4.95. The van der Waals surface area contributed by atoms with E-state index in [1.54, 1.807) is 4.59 Å². The first kappa shape index (κ1) is 10.8. The number of fused-ring (bicyclic) bond motifs is 1. The van der Waals surface area contributed by atoms with Crippen molar-refractivity contribution in [2.75, 3.05) is 0 Å². The molecule has 1 aliphatic rings. The van der Waals surface area contributed by atoms with E-state index < -0.39 is 7.25 Å². The van der Waals surface area contributed by atoms with Crippen molar-refractivity contribution in [2.24, 2.45) is 0 Å². The van der Waals surface area contributed by atoms with E-state index in [1.807, 2.05) is 51.2 Å². The van der Waals surface area contributed by atoms with Gasteiger partial charge in [0.05, 0.1) is 23.4 Å². The van der Waals surface area contributed by atoms with Crippen LogP contribution in [-0.2, 0) is 9.31 Å². The van der Waals surface area contributed by atoms with Crippen LogP contribution >= 0.6 is 0 Å². The first-order valence-corrected chi connectivity index (χ1v) is 5.83. The van der Waals surface area contributed by atoms with Gasteiger partial charge in [0, 0.05) is 5.39 Å². The zero-order chi connectivity index (χ0) is 12.0. The summed E-state index contributed by atoms with van der Waals surface area (Å²) >= 11 is 0. The van der Waals surface area contributed by atoms with E-state index in [4.69, 9.17) is 9.31 Å². The molecule has 1 atom stereocenters. The monoisotopic (exact) mass is 230 g/mol. The van der Waals surface area contributed by atoms with Gasteiger partial charge in [0.25, 0.3) is 0 Å². The van der Waals surface area contributed by atoms with Gasteiger partial charge in [-0.2, -0.15) is 5.10 Å². The van der Waals surface area contributed by atoms with Crippen molar-refractivity contribution >= 4 is 18.2 Å². The molecule has 1 unspecified atom stereocenters. The van der Waals surface area contributed by atoms with Gasteiger partial charge in [-0.1, -0.05) is 18.2 Å². The Hall–Kier alpha value is -1.33. The summed E-state index contributed by atoms with van der Waals surface area (Å²) in [6.07, 6.45) is 1.88. The van der Waals surface area contributed by atoms with E-state index in [1.165, 1.54) is 0 Å². The Morgan fingerprint density at radius 2 is 2.12 bits per heavy atom. The fourth-order valence-corrected chi connectivity index (χ4v) is 1.99. The van der Waals surface area contributed by atoms with Gasteiger partial charge in [-0.15, -0.1) is 0 Å². The number of nitrogens with zero attached hydrogens (tertiary/aromatic N) is 2. The maximum absolute atomic E-state index is 5.89. The highest BCUT2D eigenvalue weighted by Crippen LogP contribution is 2.28. The Morgan fingerprint density at radius 1 is 1.35 bits per heavy atom. The van der Waals surface area contributed by atoms with Crippen LogP contribution in [-0.4, -0.2) is 28.6 Å². The van der Waals surface area contributed by atoms with Crippen molar-refractivity contribution in [3.63, 3.8) is 0 Å². The standard InChI is InChI=1S/C12H15BN2O2/c1-9-12(2,3)17-13(16-9)15-11-7-5-4-6-10(11)8-14-15/h4-9H,1-3H3. The highest BCUT2D eigenvalue weighted by Gasteiger charge is 2.46. The minimum absolute atomic E-state index is 0.0514. The number of hydrogen-bond acceptors (Lipinski definition) is 3. The summed E-state index contributed by atoms with van der Waals surface area (Å²) < 4.78 is 13.5. The molecule has 0 saturated carbocycles. The maximum atomic E-state index is 5.89. The molecular formula is C12H15BN2O2. The lowest BCUT2D eigenvalue weighted by Gasteiger charge is -2.20. The summed E-state index contributed by atoms with van der Waals surface area (Å²) in [5.41, 5.74) is 0.750. The van der Waals surface area contributed by atoms with Crippen molar-refractivity contribution < 1.29 is 9.31 Å². The number of para-hydroxylation sites is 1. The van der Waals surface area contributed by atoms with E-state index in [9.17, 15) is 0 Å². The zero-order valence-corrected chi connectivity index (χ0v) is 10.3. The van der Waals surface area contributed by atoms with E-state index in [0.29, 0.717) is 0 Å². The fourth-order valence-electron chi connectivity index (χ4n) is 1.99. The third-order valence-corrected chi connectivity index (χ3v) is 3.41. The van der Waals surface area contributed by atoms with Gasteiger partial charge >= 0.3 is 7.25 Å². The third kappa shape index (κ3) is 1.66. The Labute approximate surface area is 101 Å². The molecule has 1 saturated heterocycles. The van der Waals surface area contributed by atoms with Gasteiger partial charge in [0.15, 0.2) is 0 Å². The summed E-state index contributed by atoms with van der Waals surface area (Å²) in [6.45, 7) is 6.08. The highest BCUT2D eigenvalue weighted by atomic mass is 16.7. The fraction of sp³-hybridized carbons (Fsp3) is 0.417. The summed E-state index contributed by atoms with van der Waals surface area (Å²) in [5.74, 6) is 0. The van der Waals surface area contributed by atoms with Crippen LogP contribution in [0.25, 0.3) is 10.9 Å². The molecular weight excluding hydrogens is 215 g/mol. The summed E-state index contributed by atoms with van der Waals surface area (Å²) in [7, 11) is -0.431. The zero-order valence-electron chi connectivity index (χ0n) is 10.3. The van der Waals surface area contributed by atoms with Crippen molar-refractivity contribution in [3.05, 3.63) is 30.5 Å². The third-order valence-electron chi connectivity index (χ3n) is 3.41. The molecule has 0 amide bonds. The first-order chi connectivity index (χ1) is 8.08. The molecule has 1 aliphatic heterocycles. The first-order valence-electron chi connectivity index (χ1n) is 5.83. The van der Waals surface area contributed by atoms with Gasteiger partial charge in [-0.3, -0.25) is 4.59 Å². The largest absolute Gasteiger partial charge is 0.616 e. The topological polar surface area (TPSA) is 36.3 Å². The second-order valence-corrected chi connectivity index (χ2v) is 4.95. The average molecular weight is 230 g/mol. The molecule has 1 fully saturated rings. The van der Waals surface area contributed by atoms with Crippen LogP contribution in [0.3, 0.4) is 0 Å². The number of aromatic nitrogens is 2. The molecule has 2 aromatic rings. The van der Waals surface area contributed by atoms with E-state index in [2.05, 4.69) is 5.10 Å². The van der Waals surface area contributed by atoms with Gasteiger partial charge in [0.1, 0.15) is 0 Å². The lowest BCUT2D eigenvalue weighted by Crippen LogP contribution is -2.32. The predicted molar refractivity (Wildman–Crippen MR) is 66.6 cm³/mol. The second kappa shape index (κ2) is 3.58. The Bertz CT molecular complexity index is 552. The SMILES string of the molecule is CC1OB(n2ncc3ccccc32)OC1(C)C. The van der Waals surface area contributed by atoms with Crippen LogP contribution < -0.4 is 0 Å². The van der Waals surface area contributed by atoms with Crippen molar-refractivity contribution in [1.82, 2.24) is 9.69 Å². The molecule has 2 heterocycles. The average Bonchev–Trinajstić information content (AvgIpc) is 2.81. The van der Waals surface area contributed by atoms with Gasteiger partial charge in [-0.05, 0) is 26.8 Å². The van der Waals surface area contributed by atoms with Gasteiger partial charge in [0.2, 0.25) is 0 Å². The van der Waals surface area contributed by atoms with Crippen LogP contribution in [0.5, 0.6) is 0 Å². The minimum Gasteiger partial charge on any atom is -0.385 e. The molecule has 17 heavy (non-hydrogen) atoms. The molecule has 0 spiro atoms. The number of hydrogen-bond donors (Lipinski definition) is 0. The van der Waals surface area contributed by atoms with Crippen molar-refractivity contribution in [1.29, 1.82) is 0 Å². The van der Waals surface area contributed by atoms with E-state index >= 15 is 0 Å². The van der Waals surface area contributed by atoms with E-state index in [0.717, 1.165) is 10.9 Å². The normalized spacial score (nSPS) is 23.5. The summed E-state index contributed by atoms with van der Waals surface area (Å²) in [6, 6.07) is 8.04. The van der Waals surface area contributed by atoms with Crippen LogP contribution in [0.1, 0.15) is 20.8 Å². The molecule has 0 radical (unpaired) electrons. The lowest BCUT2D eigenvalue weighted by atomic mass is 10.0. The summed E-state index contributed by atoms with van der Waals surface area (Å²) in [5, 5.41) is 5.44. The van der Waals surface area contributed by atoms with Crippen LogP contribution in [0.4, 0.5) is 0 Å². The van der Waals surface area contributed by atoms with Crippen LogP contribution in [0, 0.1) is 0 Å². The minimum atomic E-state index is -0.431. The number of rotatable bonds is 1. The van der Waals surface area contributed by atoms with E-state index in [-0.39, 0.29) is 11.7 Å². The smallest absolute Gasteiger partial charge is 0.385 e. The van der Waals surface area contributed by atoms with Gasteiger partial charge in [-0.25, -0.2) is 0 Å². The predicted octanol–water partition coefficient (Wildman–Crippen LogP) is 2.08. The van der Waals surface area contributed by atoms with Crippen molar-refractivity contribution in [2.45, 2.75) is 32.5 Å². The molecule has 5 heteroatoms. The number of benzene rings is 1. The van der Waals surface area contributed by atoms with Gasteiger partial charge < -0.3 is 9.31 Å². The highest BCUT2D eigenvalue weighted by molar-refractivity contribution is 6.44. The quantitative estimate of drug-likeness (QED) is 0.703. The Kier molecular flexibility index (Phi) is 2.28. The Morgan fingerprint density at radius 3 is 2.82 bits per heavy atom. The molecule has 4 nitrogen and oxygen atoms in total. The molecule has 1 aromatic carbocycles. The molecule has 0 bridgehead atoms.